The van der Waals surface area contributed by atoms with Crippen LogP contribution in [0.4, 0.5) is 0 Å². The molecule has 1 unspecified atom stereocenters. The number of rotatable bonds is 5. The van der Waals surface area contributed by atoms with Crippen molar-refractivity contribution in [2.45, 2.75) is 19.5 Å². The summed E-state index contributed by atoms with van der Waals surface area (Å²) in [6.07, 6.45) is 1.58. The molecular weight excluding hydrogens is 368 g/mol. The molecule has 5 nitrogen and oxygen atoms in total. The summed E-state index contributed by atoms with van der Waals surface area (Å²) in [5, 5.41) is 2.74. The van der Waals surface area contributed by atoms with E-state index in [2.05, 4.69) is 37.2 Å². The fourth-order valence-electron chi connectivity index (χ4n) is 1.45. The Morgan fingerprint density at radius 2 is 2.22 bits per heavy atom. The summed E-state index contributed by atoms with van der Waals surface area (Å²) in [6, 6.07) is 1.55. The van der Waals surface area contributed by atoms with Crippen LogP contribution in [0.2, 0.25) is 0 Å². The molecule has 7 heteroatoms. The van der Waals surface area contributed by atoms with Gasteiger partial charge in [-0.25, -0.2) is 0 Å². The highest BCUT2D eigenvalue weighted by Crippen LogP contribution is 2.12. The molecule has 1 N–H and O–H groups in total. The summed E-state index contributed by atoms with van der Waals surface area (Å²) in [4.78, 5) is 23.5. The van der Waals surface area contributed by atoms with Gasteiger partial charge in [0.2, 0.25) is 5.91 Å². The van der Waals surface area contributed by atoms with Crippen molar-refractivity contribution < 1.29 is 9.53 Å². The van der Waals surface area contributed by atoms with Gasteiger partial charge < -0.3 is 14.6 Å². The Hall–Kier alpha value is -0.660. The number of nitrogens with one attached hydrogen (secondary N) is 1. The fourth-order valence-corrected chi connectivity index (χ4v) is 2.71. The standard InChI is InChI=1S/C11H14Br2N2O3/c1-7(6-18-2)14-10(16)5-15-4-8(12)3-9(13)11(15)17/h3-4,7H,5-6H2,1-2H3,(H,14,16). The fraction of sp³-hybridized carbons (Fsp3) is 0.455. The summed E-state index contributed by atoms with van der Waals surface area (Å²) in [7, 11) is 1.57. The minimum Gasteiger partial charge on any atom is -0.383 e. The predicted molar refractivity (Wildman–Crippen MR) is 75.6 cm³/mol. The number of amides is 1. The Bertz CT molecular complexity index is 488. The van der Waals surface area contributed by atoms with Gasteiger partial charge in [0.1, 0.15) is 6.54 Å². The highest BCUT2D eigenvalue weighted by molar-refractivity contribution is 9.11. The molecule has 1 atom stereocenters. The Morgan fingerprint density at radius 1 is 1.56 bits per heavy atom. The minimum absolute atomic E-state index is 0.0229. The van der Waals surface area contributed by atoms with Crippen molar-refractivity contribution in [3.8, 4) is 0 Å². The molecule has 0 fully saturated rings. The molecule has 1 aromatic rings. The maximum absolute atomic E-state index is 11.8. The molecule has 100 valence electrons. The Balaban J connectivity index is 2.73. The van der Waals surface area contributed by atoms with Crippen LogP contribution >= 0.6 is 31.9 Å². The van der Waals surface area contributed by atoms with Gasteiger partial charge in [-0.15, -0.1) is 0 Å². The Morgan fingerprint density at radius 3 is 2.83 bits per heavy atom. The summed E-state index contributed by atoms with van der Waals surface area (Å²) in [6.45, 7) is 2.24. The van der Waals surface area contributed by atoms with Crippen molar-refractivity contribution in [2.75, 3.05) is 13.7 Å². The Labute approximate surface area is 122 Å². The third-order valence-electron chi connectivity index (χ3n) is 2.15. The lowest BCUT2D eigenvalue weighted by molar-refractivity contribution is -0.122. The van der Waals surface area contributed by atoms with Crippen molar-refractivity contribution in [1.29, 1.82) is 0 Å². The van der Waals surface area contributed by atoms with E-state index in [0.717, 1.165) is 4.47 Å². The monoisotopic (exact) mass is 380 g/mol. The number of ether oxygens (including phenoxy) is 1. The van der Waals surface area contributed by atoms with E-state index in [1.807, 2.05) is 6.92 Å². The molecule has 0 radical (unpaired) electrons. The minimum atomic E-state index is -0.243. The van der Waals surface area contributed by atoms with E-state index in [4.69, 9.17) is 4.74 Å². The lowest BCUT2D eigenvalue weighted by Crippen LogP contribution is -2.39. The predicted octanol–water partition coefficient (Wildman–Crippen LogP) is 1.52. The normalized spacial score (nSPS) is 12.2. The van der Waals surface area contributed by atoms with E-state index < -0.39 is 0 Å². The number of aromatic nitrogens is 1. The first-order valence-corrected chi connectivity index (χ1v) is 6.86. The van der Waals surface area contributed by atoms with Crippen LogP contribution in [-0.4, -0.2) is 30.2 Å². The number of pyridine rings is 1. The zero-order chi connectivity index (χ0) is 13.7. The topological polar surface area (TPSA) is 60.3 Å². The molecule has 1 heterocycles. The van der Waals surface area contributed by atoms with Crippen LogP contribution in [0, 0.1) is 0 Å². The molecule has 0 aliphatic carbocycles. The molecule has 0 aliphatic rings. The van der Waals surface area contributed by atoms with Gasteiger partial charge >= 0.3 is 0 Å². The van der Waals surface area contributed by atoms with Gasteiger partial charge in [0.25, 0.3) is 5.56 Å². The number of halogens is 2. The van der Waals surface area contributed by atoms with E-state index in [-0.39, 0.29) is 24.1 Å². The smallest absolute Gasteiger partial charge is 0.265 e. The molecule has 0 bridgehead atoms. The maximum atomic E-state index is 11.8. The first kappa shape index (κ1) is 15.4. The molecule has 1 aromatic heterocycles. The van der Waals surface area contributed by atoms with Gasteiger partial charge in [-0.3, -0.25) is 9.59 Å². The van der Waals surface area contributed by atoms with E-state index in [1.165, 1.54) is 4.57 Å². The number of nitrogens with zero attached hydrogens (tertiary/aromatic N) is 1. The van der Waals surface area contributed by atoms with Crippen LogP contribution in [-0.2, 0) is 16.1 Å². The molecule has 0 saturated carbocycles. The lowest BCUT2D eigenvalue weighted by Gasteiger charge is -2.13. The van der Waals surface area contributed by atoms with Gasteiger partial charge in [0, 0.05) is 23.8 Å². The second-order valence-electron chi connectivity index (χ2n) is 3.86. The highest BCUT2D eigenvalue weighted by Gasteiger charge is 2.10. The van der Waals surface area contributed by atoms with Crippen molar-refractivity contribution in [2.24, 2.45) is 0 Å². The molecule has 0 aliphatic heterocycles. The van der Waals surface area contributed by atoms with Crippen molar-refractivity contribution >= 4 is 37.8 Å². The van der Waals surface area contributed by atoms with E-state index in [1.54, 1.807) is 19.4 Å². The van der Waals surface area contributed by atoms with Crippen LogP contribution < -0.4 is 10.9 Å². The lowest BCUT2D eigenvalue weighted by atomic mass is 10.3. The van der Waals surface area contributed by atoms with Gasteiger partial charge in [-0.1, -0.05) is 0 Å². The third-order valence-corrected chi connectivity index (χ3v) is 3.15. The summed E-state index contributed by atoms with van der Waals surface area (Å²) in [5.41, 5.74) is -0.243. The highest BCUT2D eigenvalue weighted by atomic mass is 79.9. The maximum Gasteiger partial charge on any atom is 0.265 e. The van der Waals surface area contributed by atoms with Gasteiger partial charge in [0.15, 0.2) is 0 Å². The van der Waals surface area contributed by atoms with Crippen LogP contribution in [0.3, 0.4) is 0 Å². The average Bonchev–Trinajstić information content (AvgIpc) is 2.25. The summed E-state index contributed by atoms with van der Waals surface area (Å²) < 4.78 is 7.39. The van der Waals surface area contributed by atoms with Crippen LogP contribution in [0.25, 0.3) is 0 Å². The van der Waals surface area contributed by atoms with Crippen LogP contribution in [0.15, 0.2) is 26.0 Å². The van der Waals surface area contributed by atoms with Gasteiger partial charge in [-0.05, 0) is 44.8 Å². The first-order valence-electron chi connectivity index (χ1n) is 5.28. The molecule has 1 rings (SSSR count). The zero-order valence-corrected chi connectivity index (χ0v) is 13.2. The third kappa shape index (κ3) is 4.55. The number of methoxy groups -OCH3 is 1. The number of carbonyl (C=O) groups excluding carboxylic acids is 1. The molecule has 0 aromatic carbocycles. The second-order valence-corrected chi connectivity index (χ2v) is 5.63. The van der Waals surface area contributed by atoms with Crippen LogP contribution in [0.1, 0.15) is 6.92 Å². The molecule has 1 amide bonds. The summed E-state index contributed by atoms with van der Waals surface area (Å²) in [5.74, 6) is -0.230. The molecule has 18 heavy (non-hydrogen) atoms. The van der Waals surface area contributed by atoms with Crippen molar-refractivity contribution in [1.82, 2.24) is 9.88 Å². The largest absolute Gasteiger partial charge is 0.383 e. The summed E-state index contributed by atoms with van der Waals surface area (Å²) >= 11 is 6.42. The van der Waals surface area contributed by atoms with Crippen LogP contribution in [0.5, 0.6) is 0 Å². The van der Waals surface area contributed by atoms with Gasteiger partial charge in [0.05, 0.1) is 11.1 Å². The molecule has 0 saturated heterocycles. The SMILES string of the molecule is COCC(C)NC(=O)Cn1cc(Br)cc(Br)c1=O. The van der Waals surface area contributed by atoms with E-state index in [9.17, 15) is 9.59 Å². The van der Waals surface area contributed by atoms with Crippen molar-refractivity contribution in [3.63, 3.8) is 0 Å². The Kier molecular flexibility index (Phi) is 6.04. The van der Waals surface area contributed by atoms with Gasteiger partial charge in [-0.2, -0.15) is 0 Å². The molecule has 0 spiro atoms. The van der Waals surface area contributed by atoms with E-state index in [0.29, 0.717) is 11.1 Å². The number of hydrogen-bond acceptors (Lipinski definition) is 3. The zero-order valence-electron chi connectivity index (χ0n) is 10.1. The number of hydrogen-bond donors (Lipinski definition) is 1. The average molecular weight is 382 g/mol. The molecular formula is C11H14Br2N2O3. The number of carbonyl (C=O) groups is 1. The van der Waals surface area contributed by atoms with E-state index >= 15 is 0 Å². The van der Waals surface area contributed by atoms with Crippen molar-refractivity contribution in [3.05, 3.63) is 31.6 Å². The quantitative estimate of drug-likeness (QED) is 0.841. The first-order chi connectivity index (χ1) is 8.43. The second kappa shape index (κ2) is 7.06.